The summed E-state index contributed by atoms with van der Waals surface area (Å²) in [4.78, 5) is 2.63. The number of nitrogens with zero attached hydrogens (tertiary/aromatic N) is 1. The second-order valence-electron chi connectivity index (χ2n) is 4.86. The molecule has 3 nitrogen and oxygen atoms in total. The molecule has 2 rings (SSSR count). The molecule has 2 fully saturated rings. The molecular weight excluding hydrogens is 188 g/mol. The molecular formula is C12H24N2O. The first-order valence-electron chi connectivity index (χ1n) is 6.42. The Morgan fingerprint density at radius 2 is 2.07 bits per heavy atom. The molecule has 1 atom stereocenters. The number of likely N-dealkylation sites (N-methyl/N-ethyl adjacent to an activating group) is 1. The molecule has 1 unspecified atom stereocenters. The highest BCUT2D eigenvalue weighted by Gasteiger charge is 2.24. The number of hydrogen-bond acceptors (Lipinski definition) is 3. The van der Waals surface area contributed by atoms with E-state index in [0.717, 1.165) is 31.7 Å². The van der Waals surface area contributed by atoms with Crippen LogP contribution in [-0.4, -0.2) is 50.3 Å². The Morgan fingerprint density at radius 3 is 2.80 bits per heavy atom. The molecule has 0 aliphatic carbocycles. The molecule has 3 heteroatoms. The molecule has 0 aromatic rings. The zero-order chi connectivity index (χ0) is 10.5. The fourth-order valence-electron chi connectivity index (χ4n) is 2.75. The molecule has 0 bridgehead atoms. The van der Waals surface area contributed by atoms with Crippen molar-refractivity contribution in [2.75, 3.05) is 39.4 Å². The summed E-state index contributed by atoms with van der Waals surface area (Å²) in [5, 5.41) is 3.55. The molecule has 0 aromatic carbocycles. The van der Waals surface area contributed by atoms with Crippen molar-refractivity contribution in [1.29, 1.82) is 0 Å². The minimum Gasteiger partial charge on any atom is -0.381 e. The summed E-state index contributed by atoms with van der Waals surface area (Å²) >= 11 is 0. The van der Waals surface area contributed by atoms with Gasteiger partial charge in [0.2, 0.25) is 0 Å². The molecule has 2 heterocycles. The minimum absolute atomic E-state index is 0.745. The van der Waals surface area contributed by atoms with Crippen LogP contribution in [0.4, 0.5) is 0 Å². The van der Waals surface area contributed by atoms with Gasteiger partial charge in [-0.15, -0.1) is 0 Å². The fraction of sp³-hybridized carbons (Fsp3) is 1.00. The standard InChI is InChI=1S/C12H24N2O/c1-2-13-12-3-6-14(10-12)9-11-4-7-15-8-5-11/h11-13H,2-10H2,1H3. The van der Waals surface area contributed by atoms with Crippen LogP contribution in [0.1, 0.15) is 26.2 Å². The van der Waals surface area contributed by atoms with Crippen molar-refractivity contribution in [1.82, 2.24) is 10.2 Å². The number of ether oxygens (including phenoxy) is 1. The summed E-state index contributed by atoms with van der Waals surface area (Å²) in [6.07, 6.45) is 3.86. The highest BCUT2D eigenvalue weighted by atomic mass is 16.5. The molecule has 0 saturated carbocycles. The molecule has 2 aliphatic heterocycles. The lowest BCUT2D eigenvalue weighted by Gasteiger charge is -2.26. The van der Waals surface area contributed by atoms with Crippen LogP contribution in [-0.2, 0) is 4.74 Å². The molecule has 15 heavy (non-hydrogen) atoms. The van der Waals surface area contributed by atoms with Gasteiger partial charge < -0.3 is 15.0 Å². The van der Waals surface area contributed by atoms with E-state index in [1.807, 2.05) is 0 Å². The lowest BCUT2D eigenvalue weighted by Crippen LogP contribution is -2.35. The normalized spacial score (nSPS) is 29.8. The molecule has 1 N–H and O–H groups in total. The van der Waals surface area contributed by atoms with Gasteiger partial charge in [0.1, 0.15) is 0 Å². The predicted octanol–water partition coefficient (Wildman–Crippen LogP) is 1.10. The van der Waals surface area contributed by atoms with E-state index in [2.05, 4.69) is 17.1 Å². The third-order valence-corrected chi connectivity index (χ3v) is 3.62. The Hall–Kier alpha value is -0.120. The van der Waals surface area contributed by atoms with Gasteiger partial charge in [-0.2, -0.15) is 0 Å². The average molecular weight is 212 g/mol. The Balaban J connectivity index is 1.67. The van der Waals surface area contributed by atoms with Crippen molar-refractivity contribution in [2.45, 2.75) is 32.2 Å². The highest BCUT2D eigenvalue weighted by Crippen LogP contribution is 2.19. The summed E-state index contributed by atoms with van der Waals surface area (Å²) in [5.41, 5.74) is 0. The third-order valence-electron chi connectivity index (χ3n) is 3.62. The maximum absolute atomic E-state index is 5.39. The van der Waals surface area contributed by atoms with Crippen molar-refractivity contribution in [3.05, 3.63) is 0 Å². The Kier molecular flexibility index (Phi) is 4.42. The van der Waals surface area contributed by atoms with Crippen molar-refractivity contribution >= 4 is 0 Å². The first-order valence-corrected chi connectivity index (χ1v) is 6.42. The van der Waals surface area contributed by atoms with Crippen LogP contribution < -0.4 is 5.32 Å². The van der Waals surface area contributed by atoms with Crippen molar-refractivity contribution in [3.63, 3.8) is 0 Å². The molecule has 2 saturated heterocycles. The van der Waals surface area contributed by atoms with Gasteiger partial charge in [0.15, 0.2) is 0 Å². The van der Waals surface area contributed by atoms with Crippen molar-refractivity contribution in [2.24, 2.45) is 5.92 Å². The van der Waals surface area contributed by atoms with E-state index in [-0.39, 0.29) is 0 Å². The van der Waals surface area contributed by atoms with Crippen LogP contribution in [0.15, 0.2) is 0 Å². The summed E-state index contributed by atoms with van der Waals surface area (Å²) in [6.45, 7) is 9.10. The van der Waals surface area contributed by atoms with E-state index < -0.39 is 0 Å². The van der Waals surface area contributed by atoms with Crippen LogP contribution >= 0.6 is 0 Å². The maximum Gasteiger partial charge on any atom is 0.0469 e. The molecule has 2 aliphatic rings. The van der Waals surface area contributed by atoms with E-state index in [1.54, 1.807) is 0 Å². The molecule has 0 aromatic heterocycles. The third kappa shape index (κ3) is 3.44. The number of likely N-dealkylation sites (tertiary alicyclic amines) is 1. The lowest BCUT2D eigenvalue weighted by molar-refractivity contribution is 0.0553. The van der Waals surface area contributed by atoms with Crippen LogP contribution in [0.2, 0.25) is 0 Å². The fourth-order valence-corrected chi connectivity index (χ4v) is 2.75. The molecule has 88 valence electrons. The quantitative estimate of drug-likeness (QED) is 0.755. The smallest absolute Gasteiger partial charge is 0.0469 e. The van der Waals surface area contributed by atoms with Gasteiger partial charge in [0.25, 0.3) is 0 Å². The zero-order valence-electron chi connectivity index (χ0n) is 9.87. The second kappa shape index (κ2) is 5.83. The number of hydrogen-bond donors (Lipinski definition) is 1. The minimum atomic E-state index is 0.745. The lowest BCUT2D eigenvalue weighted by atomic mass is 10.00. The van der Waals surface area contributed by atoms with Gasteiger partial charge in [-0.25, -0.2) is 0 Å². The summed E-state index contributed by atoms with van der Waals surface area (Å²) < 4.78 is 5.39. The van der Waals surface area contributed by atoms with Crippen molar-refractivity contribution < 1.29 is 4.74 Å². The monoisotopic (exact) mass is 212 g/mol. The maximum atomic E-state index is 5.39. The summed E-state index contributed by atoms with van der Waals surface area (Å²) in [6, 6.07) is 0.745. The predicted molar refractivity (Wildman–Crippen MR) is 62.1 cm³/mol. The largest absolute Gasteiger partial charge is 0.381 e. The van der Waals surface area contributed by atoms with Gasteiger partial charge in [0, 0.05) is 32.3 Å². The molecule has 0 amide bonds. The molecule has 0 spiro atoms. The summed E-state index contributed by atoms with van der Waals surface area (Å²) in [7, 11) is 0. The van der Waals surface area contributed by atoms with Crippen LogP contribution in [0.3, 0.4) is 0 Å². The first-order chi connectivity index (χ1) is 7.38. The van der Waals surface area contributed by atoms with E-state index >= 15 is 0 Å². The number of nitrogens with one attached hydrogen (secondary N) is 1. The van der Waals surface area contributed by atoms with Crippen molar-refractivity contribution in [3.8, 4) is 0 Å². The first kappa shape index (κ1) is 11.4. The van der Waals surface area contributed by atoms with E-state index in [0.29, 0.717) is 0 Å². The Morgan fingerprint density at radius 1 is 1.27 bits per heavy atom. The number of rotatable bonds is 4. The van der Waals surface area contributed by atoms with Gasteiger partial charge in [-0.3, -0.25) is 0 Å². The second-order valence-corrected chi connectivity index (χ2v) is 4.86. The van der Waals surface area contributed by atoms with E-state index in [9.17, 15) is 0 Å². The van der Waals surface area contributed by atoms with Gasteiger partial charge in [-0.1, -0.05) is 6.92 Å². The summed E-state index contributed by atoms with van der Waals surface area (Å²) in [5.74, 6) is 0.888. The highest BCUT2D eigenvalue weighted by molar-refractivity contribution is 4.82. The van der Waals surface area contributed by atoms with Crippen LogP contribution in [0.25, 0.3) is 0 Å². The Bertz CT molecular complexity index is 180. The van der Waals surface area contributed by atoms with Crippen LogP contribution in [0.5, 0.6) is 0 Å². The van der Waals surface area contributed by atoms with Gasteiger partial charge >= 0.3 is 0 Å². The van der Waals surface area contributed by atoms with E-state index in [4.69, 9.17) is 4.74 Å². The van der Waals surface area contributed by atoms with Crippen LogP contribution in [0, 0.1) is 5.92 Å². The zero-order valence-corrected chi connectivity index (χ0v) is 9.87. The van der Waals surface area contributed by atoms with Gasteiger partial charge in [-0.05, 0) is 38.3 Å². The SMILES string of the molecule is CCNC1CCN(CC2CCOCC2)C1. The average Bonchev–Trinajstić information content (AvgIpc) is 2.68. The topological polar surface area (TPSA) is 24.5 Å². The van der Waals surface area contributed by atoms with E-state index in [1.165, 1.54) is 38.9 Å². The Labute approximate surface area is 93.2 Å². The van der Waals surface area contributed by atoms with Gasteiger partial charge in [0.05, 0.1) is 0 Å². The molecule has 0 radical (unpaired) electrons.